The average Bonchev–Trinajstić information content (AvgIpc) is 2.14. The Labute approximate surface area is 103 Å². The van der Waals surface area contributed by atoms with Crippen molar-refractivity contribution < 1.29 is 4.92 Å². The number of nitro groups is 1. The van der Waals surface area contributed by atoms with E-state index in [1.165, 1.54) is 0 Å². The SMILES string of the molecule is CC(C)(C)c1cc([N+](=O)[O-])cc(C(C)(C)C)c1. The predicted molar refractivity (Wildman–Crippen MR) is 70.5 cm³/mol. The average molecular weight is 235 g/mol. The first kappa shape index (κ1) is 13.7. The number of hydrogen-bond donors (Lipinski definition) is 0. The molecule has 94 valence electrons. The van der Waals surface area contributed by atoms with Crippen molar-refractivity contribution in [3.05, 3.63) is 39.4 Å². The smallest absolute Gasteiger partial charge is 0.258 e. The topological polar surface area (TPSA) is 43.1 Å². The number of nitrogens with zero attached hydrogens (tertiary/aromatic N) is 1. The van der Waals surface area contributed by atoms with Crippen LogP contribution in [0.1, 0.15) is 52.7 Å². The largest absolute Gasteiger partial charge is 0.270 e. The van der Waals surface area contributed by atoms with E-state index in [9.17, 15) is 10.1 Å². The molecule has 0 heterocycles. The highest BCUT2D eigenvalue weighted by atomic mass is 16.6. The Morgan fingerprint density at radius 2 is 1.24 bits per heavy atom. The molecular formula is C14H21NO2. The molecule has 0 atom stereocenters. The van der Waals surface area contributed by atoms with Gasteiger partial charge in [-0.3, -0.25) is 10.1 Å². The van der Waals surface area contributed by atoms with Gasteiger partial charge in [-0.2, -0.15) is 0 Å². The Hall–Kier alpha value is -1.38. The molecule has 0 amide bonds. The molecule has 0 spiro atoms. The van der Waals surface area contributed by atoms with Crippen LogP contribution in [0.2, 0.25) is 0 Å². The number of non-ortho nitro benzene ring substituents is 1. The molecule has 0 aromatic heterocycles. The number of nitro benzene ring substituents is 1. The lowest BCUT2D eigenvalue weighted by atomic mass is 9.80. The third kappa shape index (κ3) is 3.29. The van der Waals surface area contributed by atoms with E-state index in [0.29, 0.717) is 0 Å². The lowest BCUT2D eigenvalue weighted by Gasteiger charge is -2.24. The van der Waals surface area contributed by atoms with Gasteiger partial charge in [0.1, 0.15) is 0 Å². The summed E-state index contributed by atoms with van der Waals surface area (Å²) in [5, 5.41) is 11.0. The molecule has 3 nitrogen and oxygen atoms in total. The summed E-state index contributed by atoms with van der Waals surface area (Å²) < 4.78 is 0. The molecule has 0 aliphatic rings. The summed E-state index contributed by atoms with van der Waals surface area (Å²) in [6.45, 7) is 12.4. The van der Waals surface area contributed by atoms with Crippen LogP contribution in [-0.4, -0.2) is 4.92 Å². The van der Waals surface area contributed by atoms with Gasteiger partial charge in [-0.05, 0) is 22.0 Å². The maximum atomic E-state index is 11.0. The van der Waals surface area contributed by atoms with Crippen LogP contribution in [0.5, 0.6) is 0 Å². The fourth-order valence-corrected chi connectivity index (χ4v) is 1.58. The Morgan fingerprint density at radius 1 is 0.882 bits per heavy atom. The van der Waals surface area contributed by atoms with Crippen LogP contribution in [0.4, 0.5) is 5.69 Å². The molecule has 0 saturated carbocycles. The summed E-state index contributed by atoms with van der Waals surface area (Å²) in [5.74, 6) is 0. The van der Waals surface area contributed by atoms with Crippen LogP contribution in [0.25, 0.3) is 0 Å². The van der Waals surface area contributed by atoms with Crippen LogP contribution in [-0.2, 0) is 10.8 Å². The second kappa shape index (κ2) is 4.13. The second-order valence-electron chi connectivity index (χ2n) is 6.53. The van der Waals surface area contributed by atoms with Gasteiger partial charge in [-0.25, -0.2) is 0 Å². The van der Waals surface area contributed by atoms with Gasteiger partial charge in [0.2, 0.25) is 0 Å². The summed E-state index contributed by atoms with van der Waals surface area (Å²) in [5.41, 5.74) is 2.05. The molecule has 0 bridgehead atoms. The summed E-state index contributed by atoms with van der Waals surface area (Å²) in [4.78, 5) is 10.6. The maximum absolute atomic E-state index is 11.0. The van der Waals surface area contributed by atoms with Gasteiger partial charge in [-0.1, -0.05) is 47.6 Å². The minimum Gasteiger partial charge on any atom is -0.258 e. The summed E-state index contributed by atoms with van der Waals surface area (Å²) in [6.07, 6.45) is 0. The summed E-state index contributed by atoms with van der Waals surface area (Å²) in [7, 11) is 0. The zero-order chi connectivity index (χ0) is 13.4. The van der Waals surface area contributed by atoms with E-state index in [0.717, 1.165) is 11.1 Å². The van der Waals surface area contributed by atoms with Crippen LogP contribution in [0, 0.1) is 10.1 Å². The van der Waals surface area contributed by atoms with Gasteiger partial charge in [0.25, 0.3) is 5.69 Å². The maximum Gasteiger partial charge on any atom is 0.270 e. The Morgan fingerprint density at radius 3 is 1.47 bits per heavy atom. The van der Waals surface area contributed by atoms with E-state index >= 15 is 0 Å². The second-order valence-corrected chi connectivity index (χ2v) is 6.53. The minimum atomic E-state index is -0.315. The fourth-order valence-electron chi connectivity index (χ4n) is 1.58. The van der Waals surface area contributed by atoms with Gasteiger partial charge in [0, 0.05) is 12.1 Å². The molecule has 0 N–H and O–H groups in total. The van der Waals surface area contributed by atoms with Crippen molar-refractivity contribution in [2.45, 2.75) is 52.4 Å². The van der Waals surface area contributed by atoms with E-state index in [-0.39, 0.29) is 21.4 Å². The molecule has 0 radical (unpaired) electrons. The summed E-state index contributed by atoms with van der Waals surface area (Å²) in [6, 6.07) is 5.43. The van der Waals surface area contributed by atoms with Gasteiger partial charge in [0.05, 0.1) is 4.92 Å². The van der Waals surface area contributed by atoms with Crippen molar-refractivity contribution in [2.24, 2.45) is 0 Å². The highest BCUT2D eigenvalue weighted by molar-refractivity contribution is 5.44. The van der Waals surface area contributed by atoms with Crippen molar-refractivity contribution in [1.29, 1.82) is 0 Å². The molecule has 1 aromatic rings. The lowest BCUT2D eigenvalue weighted by molar-refractivity contribution is -0.385. The van der Waals surface area contributed by atoms with Crippen molar-refractivity contribution in [3.63, 3.8) is 0 Å². The van der Waals surface area contributed by atoms with E-state index in [2.05, 4.69) is 47.6 Å². The van der Waals surface area contributed by atoms with Crippen LogP contribution < -0.4 is 0 Å². The molecule has 1 rings (SSSR count). The molecule has 3 heteroatoms. The van der Waals surface area contributed by atoms with Gasteiger partial charge >= 0.3 is 0 Å². The van der Waals surface area contributed by atoms with Crippen molar-refractivity contribution in [2.75, 3.05) is 0 Å². The van der Waals surface area contributed by atoms with Gasteiger partial charge in [-0.15, -0.1) is 0 Å². The van der Waals surface area contributed by atoms with Gasteiger partial charge < -0.3 is 0 Å². The standard InChI is InChI=1S/C14H21NO2/c1-13(2,3)10-7-11(14(4,5)6)9-12(8-10)15(16)17/h7-9H,1-6H3. The van der Waals surface area contributed by atoms with Crippen LogP contribution in [0.3, 0.4) is 0 Å². The van der Waals surface area contributed by atoms with Crippen molar-refractivity contribution in [1.82, 2.24) is 0 Å². The minimum absolute atomic E-state index is 0.0774. The molecule has 0 fully saturated rings. The number of hydrogen-bond acceptors (Lipinski definition) is 2. The Kier molecular flexibility index (Phi) is 3.33. The molecule has 1 aromatic carbocycles. The first-order chi connectivity index (χ1) is 7.51. The third-order valence-electron chi connectivity index (χ3n) is 2.86. The normalized spacial score (nSPS) is 12.6. The highest BCUT2D eigenvalue weighted by Gasteiger charge is 2.23. The quantitative estimate of drug-likeness (QED) is 0.541. The van der Waals surface area contributed by atoms with E-state index < -0.39 is 0 Å². The van der Waals surface area contributed by atoms with E-state index in [1.54, 1.807) is 12.1 Å². The number of benzene rings is 1. The lowest BCUT2D eigenvalue weighted by Crippen LogP contribution is -2.16. The Bertz CT molecular complexity index is 404. The molecule has 0 aliphatic heterocycles. The predicted octanol–water partition coefficient (Wildman–Crippen LogP) is 4.19. The first-order valence-corrected chi connectivity index (χ1v) is 5.82. The van der Waals surface area contributed by atoms with E-state index in [1.807, 2.05) is 0 Å². The van der Waals surface area contributed by atoms with Crippen LogP contribution in [0.15, 0.2) is 18.2 Å². The zero-order valence-corrected chi connectivity index (χ0v) is 11.5. The van der Waals surface area contributed by atoms with Crippen LogP contribution >= 0.6 is 0 Å². The Balaban J connectivity index is 3.45. The van der Waals surface area contributed by atoms with Crippen molar-refractivity contribution in [3.8, 4) is 0 Å². The molecule has 0 saturated heterocycles. The molecular weight excluding hydrogens is 214 g/mol. The summed E-state index contributed by atoms with van der Waals surface area (Å²) >= 11 is 0. The molecule has 0 unspecified atom stereocenters. The third-order valence-corrected chi connectivity index (χ3v) is 2.86. The van der Waals surface area contributed by atoms with E-state index in [4.69, 9.17) is 0 Å². The monoisotopic (exact) mass is 235 g/mol. The van der Waals surface area contributed by atoms with Gasteiger partial charge in [0.15, 0.2) is 0 Å². The first-order valence-electron chi connectivity index (χ1n) is 5.82. The highest BCUT2D eigenvalue weighted by Crippen LogP contribution is 2.32. The molecule has 0 aliphatic carbocycles. The number of rotatable bonds is 1. The zero-order valence-electron chi connectivity index (χ0n) is 11.5. The molecule has 17 heavy (non-hydrogen) atoms. The fraction of sp³-hybridized carbons (Fsp3) is 0.571. The van der Waals surface area contributed by atoms with Crippen molar-refractivity contribution >= 4 is 5.69 Å².